The molecule has 1 aliphatic heterocycles. The van der Waals surface area contributed by atoms with Crippen molar-refractivity contribution in [2.75, 3.05) is 13.1 Å². The van der Waals surface area contributed by atoms with Crippen molar-refractivity contribution < 1.29 is 14.8 Å². The molecule has 3 aromatic rings. The van der Waals surface area contributed by atoms with E-state index in [0.29, 0.717) is 12.8 Å². The standard InChI is InChI=1S/C18H19N3O2S/c22-18(23)13-6-9-20(10-7-13)12-14-17(15-4-3-11-24-15)19-16-5-1-2-8-21(14)16/h1-5,8,11,13H,6-7,9-10,12H2,(H,22,23). The van der Waals surface area contributed by atoms with Gasteiger partial charge in [-0.1, -0.05) is 12.1 Å². The molecule has 1 N–H and O–H groups in total. The first-order chi connectivity index (χ1) is 11.7. The van der Waals surface area contributed by atoms with Crippen LogP contribution in [0.1, 0.15) is 18.5 Å². The maximum Gasteiger partial charge on any atom is 0.137 e. The van der Waals surface area contributed by atoms with Crippen molar-refractivity contribution in [3.63, 3.8) is 0 Å². The Hall–Kier alpha value is -2.18. The normalized spacial score (nSPS) is 21.2. The number of piperidine rings is 1. The first-order valence-electron chi connectivity index (χ1n) is 8.26. The molecule has 24 heavy (non-hydrogen) atoms. The highest BCUT2D eigenvalue weighted by molar-refractivity contribution is 7.13. The van der Waals surface area contributed by atoms with Gasteiger partial charge >= 0.3 is 0 Å². The number of quaternary nitrogens is 1. The Bertz CT molecular complexity index is 848. The van der Waals surface area contributed by atoms with E-state index < -0.39 is 5.97 Å². The van der Waals surface area contributed by atoms with Gasteiger partial charge in [0.1, 0.15) is 23.6 Å². The van der Waals surface area contributed by atoms with E-state index >= 15 is 0 Å². The summed E-state index contributed by atoms with van der Waals surface area (Å²) in [4.78, 5) is 18.4. The zero-order valence-corrected chi connectivity index (χ0v) is 14.1. The molecule has 124 valence electrons. The SMILES string of the molecule is O=C([O-])C1CC[NH+](Cc2c(-c3cccs3)nc3ccccn23)CC1. The fraction of sp³-hybridized carbons (Fsp3) is 0.333. The molecule has 0 bridgehead atoms. The molecular weight excluding hydrogens is 322 g/mol. The number of thiophene rings is 1. The molecule has 5 nitrogen and oxygen atoms in total. The quantitative estimate of drug-likeness (QED) is 0.756. The number of nitrogens with zero attached hydrogens (tertiary/aromatic N) is 2. The summed E-state index contributed by atoms with van der Waals surface area (Å²) in [5, 5.41) is 13.1. The van der Waals surface area contributed by atoms with Gasteiger partial charge in [0.15, 0.2) is 0 Å². The number of nitrogens with one attached hydrogen (secondary N) is 1. The fourth-order valence-electron chi connectivity index (χ4n) is 3.50. The second kappa shape index (κ2) is 6.37. The summed E-state index contributed by atoms with van der Waals surface area (Å²) in [5.74, 6) is -1.18. The van der Waals surface area contributed by atoms with Crippen molar-refractivity contribution in [2.45, 2.75) is 19.4 Å². The molecular formula is C18H19N3O2S. The highest BCUT2D eigenvalue weighted by Gasteiger charge is 2.25. The van der Waals surface area contributed by atoms with E-state index in [1.807, 2.05) is 24.3 Å². The lowest BCUT2D eigenvalue weighted by Crippen LogP contribution is -3.12. The van der Waals surface area contributed by atoms with Gasteiger partial charge < -0.3 is 14.8 Å². The number of carbonyl (C=O) groups excluding carboxylic acids is 1. The van der Waals surface area contributed by atoms with Crippen molar-refractivity contribution in [3.05, 3.63) is 47.6 Å². The minimum Gasteiger partial charge on any atom is -0.550 e. The van der Waals surface area contributed by atoms with E-state index in [2.05, 4.69) is 22.0 Å². The van der Waals surface area contributed by atoms with Gasteiger partial charge in [-0.05, 0) is 23.6 Å². The number of likely N-dealkylation sites (tertiary alicyclic amines) is 1. The molecule has 0 atom stereocenters. The number of pyridine rings is 1. The Labute approximate surface area is 144 Å². The van der Waals surface area contributed by atoms with Gasteiger partial charge in [-0.25, -0.2) is 4.98 Å². The number of carboxylic acids is 1. The van der Waals surface area contributed by atoms with Gasteiger partial charge in [0.2, 0.25) is 0 Å². The average Bonchev–Trinajstić information content (AvgIpc) is 3.23. The van der Waals surface area contributed by atoms with Crippen LogP contribution in [-0.4, -0.2) is 28.4 Å². The predicted octanol–water partition coefficient (Wildman–Crippen LogP) is 0.608. The van der Waals surface area contributed by atoms with Crippen LogP contribution in [0.2, 0.25) is 0 Å². The molecule has 0 amide bonds. The van der Waals surface area contributed by atoms with Crippen LogP contribution in [0.25, 0.3) is 16.2 Å². The molecule has 4 rings (SSSR count). The Balaban J connectivity index is 1.64. The molecule has 6 heteroatoms. The van der Waals surface area contributed by atoms with Crippen LogP contribution in [0.4, 0.5) is 0 Å². The van der Waals surface area contributed by atoms with Crippen LogP contribution in [-0.2, 0) is 11.3 Å². The molecule has 0 saturated carbocycles. The van der Waals surface area contributed by atoms with E-state index in [0.717, 1.165) is 31.0 Å². The second-order valence-electron chi connectivity index (χ2n) is 6.33. The van der Waals surface area contributed by atoms with Crippen LogP contribution in [0.5, 0.6) is 0 Å². The average molecular weight is 341 g/mol. The van der Waals surface area contributed by atoms with E-state index in [1.54, 1.807) is 11.3 Å². The highest BCUT2D eigenvalue weighted by atomic mass is 32.1. The largest absolute Gasteiger partial charge is 0.550 e. The number of aromatic nitrogens is 2. The minimum atomic E-state index is -0.900. The summed E-state index contributed by atoms with van der Waals surface area (Å²) in [6, 6.07) is 10.2. The van der Waals surface area contributed by atoms with Crippen molar-refractivity contribution in [1.82, 2.24) is 9.38 Å². The second-order valence-corrected chi connectivity index (χ2v) is 7.28. The van der Waals surface area contributed by atoms with Crippen LogP contribution < -0.4 is 10.0 Å². The van der Waals surface area contributed by atoms with E-state index in [9.17, 15) is 9.90 Å². The van der Waals surface area contributed by atoms with Crippen LogP contribution in [0.15, 0.2) is 41.9 Å². The van der Waals surface area contributed by atoms with Gasteiger partial charge in [0, 0.05) is 30.9 Å². The molecule has 1 aliphatic rings. The van der Waals surface area contributed by atoms with E-state index in [-0.39, 0.29) is 5.92 Å². The lowest BCUT2D eigenvalue weighted by molar-refractivity contribution is -0.919. The molecule has 3 aromatic heterocycles. The number of hydrogen-bond acceptors (Lipinski definition) is 4. The Morgan fingerprint density at radius 1 is 1.29 bits per heavy atom. The number of imidazole rings is 1. The summed E-state index contributed by atoms with van der Waals surface area (Å²) in [6.45, 7) is 2.59. The van der Waals surface area contributed by atoms with Crippen LogP contribution >= 0.6 is 11.3 Å². The minimum absolute atomic E-state index is 0.285. The Kier molecular flexibility index (Phi) is 4.08. The van der Waals surface area contributed by atoms with Crippen molar-refractivity contribution in [2.24, 2.45) is 5.92 Å². The third-order valence-electron chi connectivity index (χ3n) is 4.83. The third-order valence-corrected chi connectivity index (χ3v) is 5.70. The smallest absolute Gasteiger partial charge is 0.137 e. The molecule has 0 aliphatic carbocycles. The number of carbonyl (C=O) groups is 1. The summed E-state index contributed by atoms with van der Waals surface area (Å²) in [6.07, 6.45) is 3.45. The van der Waals surface area contributed by atoms with Gasteiger partial charge in [-0.3, -0.25) is 4.40 Å². The molecule has 1 fully saturated rings. The summed E-state index contributed by atoms with van der Waals surface area (Å²) in [7, 11) is 0. The molecule has 0 radical (unpaired) electrons. The van der Waals surface area contributed by atoms with E-state index in [1.165, 1.54) is 15.5 Å². The van der Waals surface area contributed by atoms with Crippen LogP contribution in [0, 0.1) is 5.92 Å². The van der Waals surface area contributed by atoms with Gasteiger partial charge in [0.25, 0.3) is 0 Å². The number of hydrogen-bond donors (Lipinski definition) is 1. The first-order valence-corrected chi connectivity index (χ1v) is 9.14. The fourth-order valence-corrected chi connectivity index (χ4v) is 4.24. The van der Waals surface area contributed by atoms with Gasteiger partial charge in [-0.15, -0.1) is 11.3 Å². The number of fused-ring (bicyclic) bond motifs is 1. The molecule has 0 aromatic carbocycles. The lowest BCUT2D eigenvalue weighted by Gasteiger charge is -2.29. The number of carboxylic acid groups (broad SMARTS) is 1. The zero-order chi connectivity index (χ0) is 16.5. The highest BCUT2D eigenvalue weighted by Crippen LogP contribution is 2.28. The molecule has 4 heterocycles. The predicted molar refractivity (Wildman–Crippen MR) is 90.6 cm³/mol. The lowest BCUT2D eigenvalue weighted by atomic mass is 9.97. The molecule has 0 spiro atoms. The number of rotatable bonds is 4. The monoisotopic (exact) mass is 341 g/mol. The van der Waals surface area contributed by atoms with Crippen molar-refractivity contribution in [3.8, 4) is 10.6 Å². The van der Waals surface area contributed by atoms with Crippen molar-refractivity contribution >= 4 is 23.0 Å². The first kappa shape index (κ1) is 15.4. The Morgan fingerprint density at radius 2 is 2.12 bits per heavy atom. The van der Waals surface area contributed by atoms with Gasteiger partial charge in [0.05, 0.1) is 18.0 Å². The summed E-state index contributed by atoms with van der Waals surface area (Å²) < 4.78 is 2.16. The summed E-state index contributed by atoms with van der Waals surface area (Å²) >= 11 is 1.70. The van der Waals surface area contributed by atoms with E-state index in [4.69, 9.17) is 4.98 Å². The number of aliphatic carboxylic acids is 1. The summed E-state index contributed by atoms with van der Waals surface area (Å²) in [5.41, 5.74) is 3.21. The molecule has 1 saturated heterocycles. The zero-order valence-electron chi connectivity index (χ0n) is 13.3. The van der Waals surface area contributed by atoms with Gasteiger partial charge in [-0.2, -0.15) is 0 Å². The topological polar surface area (TPSA) is 61.9 Å². The Morgan fingerprint density at radius 3 is 2.83 bits per heavy atom. The molecule has 0 unspecified atom stereocenters. The maximum absolute atomic E-state index is 11.0. The maximum atomic E-state index is 11.0. The third kappa shape index (κ3) is 2.83. The van der Waals surface area contributed by atoms with Crippen LogP contribution in [0.3, 0.4) is 0 Å². The van der Waals surface area contributed by atoms with Crippen molar-refractivity contribution in [1.29, 1.82) is 0 Å².